The summed E-state index contributed by atoms with van der Waals surface area (Å²) in [6, 6.07) is 4.77. The SMILES string of the molecule is CN(C)CC(N)Cc1ccc(F)cc1Br. The van der Waals surface area contributed by atoms with E-state index in [1.165, 1.54) is 12.1 Å². The maximum absolute atomic E-state index is 12.8. The molecule has 1 aromatic carbocycles. The summed E-state index contributed by atoms with van der Waals surface area (Å²) in [4.78, 5) is 2.04. The number of benzene rings is 1. The summed E-state index contributed by atoms with van der Waals surface area (Å²) in [6.07, 6.45) is 0.749. The Bertz CT molecular complexity index is 328. The van der Waals surface area contributed by atoms with Crippen molar-refractivity contribution in [2.45, 2.75) is 12.5 Å². The quantitative estimate of drug-likeness (QED) is 0.911. The number of hydrogen-bond acceptors (Lipinski definition) is 2. The van der Waals surface area contributed by atoms with Crippen LogP contribution in [-0.2, 0) is 6.42 Å². The highest BCUT2D eigenvalue weighted by molar-refractivity contribution is 9.10. The second kappa shape index (κ2) is 5.58. The number of halogens is 2. The number of hydrogen-bond donors (Lipinski definition) is 1. The van der Waals surface area contributed by atoms with Crippen molar-refractivity contribution in [2.24, 2.45) is 5.73 Å². The van der Waals surface area contributed by atoms with Gasteiger partial charge in [-0.1, -0.05) is 22.0 Å². The second-order valence-corrected chi connectivity index (χ2v) is 4.82. The molecule has 0 saturated heterocycles. The summed E-state index contributed by atoms with van der Waals surface area (Å²) in [7, 11) is 3.97. The molecule has 0 aliphatic rings. The lowest BCUT2D eigenvalue weighted by atomic mass is 10.1. The van der Waals surface area contributed by atoms with Crippen molar-refractivity contribution < 1.29 is 4.39 Å². The van der Waals surface area contributed by atoms with Gasteiger partial charge in [0.1, 0.15) is 5.82 Å². The van der Waals surface area contributed by atoms with Crippen LogP contribution in [0.2, 0.25) is 0 Å². The molecular weight excluding hydrogens is 259 g/mol. The van der Waals surface area contributed by atoms with Crippen LogP contribution in [0.4, 0.5) is 4.39 Å². The molecule has 0 amide bonds. The molecule has 1 rings (SSSR count). The van der Waals surface area contributed by atoms with Gasteiger partial charge in [-0.3, -0.25) is 0 Å². The van der Waals surface area contributed by atoms with E-state index in [0.29, 0.717) is 0 Å². The van der Waals surface area contributed by atoms with Crippen molar-refractivity contribution in [1.29, 1.82) is 0 Å². The minimum Gasteiger partial charge on any atom is -0.326 e. The summed E-state index contributed by atoms with van der Waals surface area (Å²) in [6.45, 7) is 0.823. The fourth-order valence-corrected chi connectivity index (χ4v) is 2.02. The molecule has 0 heterocycles. The summed E-state index contributed by atoms with van der Waals surface area (Å²) >= 11 is 3.33. The Morgan fingerprint density at radius 2 is 2.13 bits per heavy atom. The van der Waals surface area contributed by atoms with E-state index < -0.39 is 0 Å². The average molecular weight is 275 g/mol. The summed E-state index contributed by atoms with van der Waals surface area (Å²) in [5.74, 6) is -0.230. The molecule has 0 bridgehead atoms. The fraction of sp³-hybridized carbons (Fsp3) is 0.455. The molecule has 4 heteroatoms. The van der Waals surface area contributed by atoms with Gasteiger partial charge in [-0.25, -0.2) is 4.39 Å². The van der Waals surface area contributed by atoms with Crippen molar-refractivity contribution >= 4 is 15.9 Å². The first-order chi connectivity index (χ1) is 6.99. The van der Waals surface area contributed by atoms with Crippen LogP contribution in [0.25, 0.3) is 0 Å². The van der Waals surface area contributed by atoms with Gasteiger partial charge in [0.05, 0.1) is 0 Å². The van der Waals surface area contributed by atoms with E-state index in [2.05, 4.69) is 15.9 Å². The first kappa shape index (κ1) is 12.6. The Balaban J connectivity index is 2.64. The molecule has 0 aliphatic carbocycles. The van der Waals surface area contributed by atoms with E-state index in [0.717, 1.165) is 23.0 Å². The molecule has 0 aromatic heterocycles. The molecule has 2 nitrogen and oxygen atoms in total. The molecule has 0 aliphatic heterocycles. The maximum Gasteiger partial charge on any atom is 0.124 e. The van der Waals surface area contributed by atoms with Crippen LogP contribution in [0.1, 0.15) is 5.56 Å². The molecule has 1 unspecified atom stereocenters. The van der Waals surface area contributed by atoms with Gasteiger partial charge in [0.2, 0.25) is 0 Å². The zero-order valence-corrected chi connectivity index (χ0v) is 10.6. The van der Waals surface area contributed by atoms with Gasteiger partial charge < -0.3 is 10.6 Å². The van der Waals surface area contributed by atoms with Gasteiger partial charge in [0, 0.05) is 17.1 Å². The predicted octanol–water partition coefficient (Wildman–Crippen LogP) is 2.02. The minimum absolute atomic E-state index is 0.0711. The van der Waals surface area contributed by atoms with Crippen molar-refractivity contribution in [2.75, 3.05) is 20.6 Å². The Morgan fingerprint density at radius 3 is 2.67 bits per heavy atom. The van der Waals surface area contributed by atoms with Crippen LogP contribution in [0.15, 0.2) is 22.7 Å². The molecule has 0 radical (unpaired) electrons. The first-order valence-corrected chi connectivity index (χ1v) is 5.62. The highest BCUT2D eigenvalue weighted by Crippen LogP contribution is 2.19. The van der Waals surface area contributed by atoms with Crippen molar-refractivity contribution in [3.8, 4) is 0 Å². The third kappa shape index (κ3) is 4.28. The van der Waals surface area contributed by atoms with E-state index in [9.17, 15) is 4.39 Å². The third-order valence-electron chi connectivity index (χ3n) is 2.10. The number of rotatable bonds is 4. The lowest BCUT2D eigenvalue weighted by Gasteiger charge is -2.17. The van der Waals surface area contributed by atoms with Crippen LogP contribution >= 0.6 is 15.9 Å². The predicted molar refractivity (Wildman–Crippen MR) is 64.3 cm³/mol. The monoisotopic (exact) mass is 274 g/mol. The summed E-state index contributed by atoms with van der Waals surface area (Å²) in [5, 5.41) is 0. The smallest absolute Gasteiger partial charge is 0.124 e. The van der Waals surface area contributed by atoms with E-state index in [1.54, 1.807) is 6.07 Å². The lowest BCUT2D eigenvalue weighted by molar-refractivity contribution is 0.371. The zero-order chi connectivity index (χ0) is 11.4. The zero-order valence-electron chi connectivity index (χ0n) is 9.00. The van der Waals surface area contributed by atoms with Gasteiger partial charge in [0.15, 0.2) is 0 Å². The van der Waals surface area contributed by atoms with Crippen LogP contribution < -0.4 is 5.73 Å². The van der Waals surface area contributed by atoms with Gasteiger partial charge in [-0.05, 0) is 38.2 Å². The number of nitrogens with zero attached hydrogens (tertiary/aromatic N) is 1. The van der Waals surface area contributed by atoms with Gasteiger partial charge in [-0.15, -0.1) is 0 Å². The van der Waals surface area contributed by atoms with Crippen molar-refractivity contribution in [3.63, 3.8) is 0 Å². The lowest BCUT2D eigenvalue weighted by Crippen LogP contribution is -2.34. The molecule has 0 saturated carbocycles. The minimum atomic E-state index is -0.230. The van der Waals surface area contributed by atoms with Crippen LogP contribution in [0.5, 0.6) is 0 Å². The third-order valence-corrected chi connectivity index (χ3v) is 2.84. The van der Waals surface area contributed by atoms with Gasteiger partial charge >= 0.3 is 0 Å². The van der Waals surface area contributed by atoms with E-state index in [4.69, 9.17) is 5.73 Å². The maximum atomic E-state index is 12.8. The Hall–Kier alpha value is -0.450. The number of likely N-dealkylation sites (N-methyl/N-ethyl adjacent to an activating group) is 1. The average Bonchev–Trinajstić information content (AvgIpc) is 2.08. The fourth-order valence-electron chi connectivity index (χ4n) is 1.50. The Morgan fingerprint density at radius 1 is 1.47 bits per heavy atom. The topological polar surface area (TPSA) is 29.3 Å². The van der Waals surface area contributed by atoms with Crippen molar-refractivity contribution in [1.82, 2.24) is 4.90 Å². The molecule has 1 aromatic rings. The molecule has 84 valence electrons. The molecule has 1 atom stereocenters. The number of nitrogens with two attached hydrogens (primary N) is 1. The van der Waals surface area contributed by atoms with Crippen LogP contribution in [-0.4, -0.2) is 31.6 Å². The highest BCUT2D eigenvalue weighted by atomic mass is 79.9. The van der Waals surface area contributed by atoms with Gasteiger partial charge in [0.25, 0.3) is 0 Å². The summed E-state index contributed by atoms with van der Waals surface area (Å²) < 4.78 is 13.6. The molecule has 0 spiro atoms. The van der Waals surface area contributed by atoms with E-state index in [-0.39, 0.29) is 11.9 Å². The molecule has 0 fully saturated rings. The Labute approximate surface area is 98.4 Å². The van der Waals surface area contributed by atoms with E-state index in [1.807, 2.05) is 19.0 Å². The van der Waals surface area contributed by atoms with Crippen LogP contribution in [0.3, 0.4) is 0 Å². The van der Waals surface area contributed by atoms with Crippen molar-refractivity contribution in [3.05, 3.63) is 34.1 Å². The summed E-state index contributed by atoms with van der Waals surface area (Å²) in [5.41, 5.74) is 7.00. The van der Waals surface area contributed by atoms with E-state index >= 15 is 0 Å². The largest absolute Gasteiger partial charge is 0.326 e. The van der Waals surface area contributed by atoms with Gasteiger partial charge in [-0.2, -0.15) is 0 Å². The molecule has 15 heavy (non-hydrogen) atoms. The normalized spacial score (nSPS) is 13.2. The highest BCUT2D eigenvalue weighted by Gasteiger charge is 2.08. The first-order valence-electron chi connectivity index (χ1n) is 4.83. The second-order valence-electron chi connectivity index (χ2n) is 3.96. The molecular formula is C11H16BrFN2. The molecule has 2 N–H and O–H groups in total. The van der Waals surface area contributed by atoms with Crippen LogP contribution in [0, 0.1) is 5.82 Å². The Kier molecular flexibility index (Phi) is 4.70. The standard InChI is InChI=1S/C11H16BrFN2/c1-15(2)7-10(14)5-8-3-4-9(13)6-11(8)12/h3-4,6,10H,5,7,14H2,1-2H3.